The van der Waals surface area contributed by atoms with Gasteiger partial charge in [0.2, 0.25) is 0 Å². The molecule has 0 amide bonds. The molecule has 4 nitrogen and oxygen atoms in total. The summed E-state index contributed by atoms with van der Waals surface area (Å²) in [7, 11) is 0. The zero-order valence-electron chi connectivity index (χ0n) is 12.4. The average Bonchev–Trinajstić information content (AvgIpc) is 2.48. The summed E-state index contributed by atoms with van der Waals surface area (Å²) in [5.41, 5.74) is 10.0. The van der Waals surface area contributed by atoms with Crippen LogP contribution >= 0.6 is 0 Å². The van der Waals surface area contributed by atoms with E-state index in [1.54, 1.807) is 13.0 Å². The number of aryl methyl sites for hydroxylation is 2. The molecule has 0 aliphatic carbocycles. The van der Waals surface area contributed by atoms with Crippen LogP contribution in [0.3, 0.4) is 0 Å². The molecule has 21 heavy (non-hydrogen) atoms. The maximum Gasteiger partial charge on any atom is 0.272 e. The van der Waals surface area contributed by atoms with E-state index >= 15 is 0 Å². The van der Waals surface area contributed by atoms with Gasteiger partial charge in [-0.2, -0.15) is 0 Å². The number of nitro benzene ring substituents is 1. The lowest BCUT2D eigenvalue weighted by molar-refractivity contribution is -0.385. The molecule has 0 bridgehead atoms. The van der Waals surface area contributed by atoms with Gasteiger partial charge < -0.3 is 5.73 Å². The van der Waals surface area contributed by atoms with E-state index in [4.69, 9.17) is 5.73 Å². The van der Waals surface area contributed by atoms with Crippen molar-refractivity contribution in [2.24, 2.45) is 5.73 Å². The summed E-state index contributed by atoms with van der Waals surface area (Å²) < 4.78 is 0. The number of rotatable bonds is 5. The summed E-state index contributed by atoms with van der Waals surface area (Å²) in [4.78, 5) is 10.8. The molecule has 1 unspecified atom stereocenters. The van der Waals surface area contributed by atoms with Crippen LogP contribution in [0.2, 0.25) is 0 Å². The molecule has 2 N–H and O–H groups in total. The van der Waals surface area contributed by atoms with Crippen LogP contribution in [0.1, 0.15) is 34.7 Å². The summed E-state index contributed by atoms with van der Waals surface area (Å²) in [5.74, 6) is 0. The van der Waals surface area contributed by atoms with Crippen molar-refractivity contribution in [3.63, 3.8) is 0 Å². The Morgan fingerprint density at radius 2 is 1.86 bits per heavy atom. The van der Waals surface area contributed by atoms with E-state index in [0.29, 0.717) is 5.56 Å². The van der Waals surface area contributed by atoms with Crippen LogP contribution in [0, 0.1) is 24.0 Å². The van der Waals surface area contributed by atoms with Crippen molar-refractivity contribution >= 4 is 5.69 Å². The van der Waals surface area contributed by atoms with Gasteiger partial charge in [-0.05, 0) is 43.4 Å². The molecule has 2 aromatic carbocycles. The molecule has 0 fully saturated rings. The fourth-order valence-electron chi connectivity index (χ4n) is 2.41. The van der Waals surface area contributed by atoms with Crippen LogP contribution in [0.15, 0.2) is 42.5 Å². The minimum absolute atomic E-state index is 0.153. The molecule has 0 spiro atoms. The third-order valence-electron chi connectivity index (χ3n) is 3.87. The van der Waals surface area contributed by atoms with Gasteiger partial charge in [0.15, 0.2) is 0 Å². The van der Waals surface area contributed by atoms with Crippen LogP contribution in [-0.2, 0) is 6.42 Å². The third kappa shape index (κ3) is 3.67. The van der Waals surface area contributed by atoms with E-state index in [-0.39, 0.29) is 16.7 Å². The first-order valence-electron chi connectivity index (χ1n) is 7.04. The van der Waals surface area contributed by atoms with Crippen molar-refractivity contribution in [1.29, 1.82) is 0 Å². The van der Waals surface area contributed by atoms with E-state index < -0.39 is 0 Å². The normalized spacial score (nSPS) is 12.1. The van der Waals surface area contributed by atoms with Gasteiger partial charge in [-0.3, -0.25) is 10.1 Å². The van der Waals surface area contributed by atoms with Crippen LogP contribution in [0.25, 0.3) is 0 Å². The van der Waals surface area contributed by atoms with Crippen LogP contribution in [0.5, 0.6) is 0 Å². The third-order valence-corrected chi connectivity index (χ3v) is 3.87. The van der Waals surface area contributed by atoms with Gasteiger partial charge in [0, 0.05) is 17.7 Å². The maximum absolute atomic E-state index is 11.1. The molecule has 0 aliphatic rings. The van der Waals surface area contributed by atoms with Gasteiger partial charge >= 0.3 is 0 Å². The SMILES string of the molecule is Cc1cc(C(N)CCc2ccccc2)cc([N+](=O)[O-])c1C. The van der Waals surface area contributed by atoms with Gasteiger partial charge in [0.1, 0.15) is 0 Å². The fourth-order valence-corrected chi connectivity index (χ4v) is 2.41. The predicted octanol–water partition coefficient (Wildman–Crippen LogP) is 3.84. The summed E-state index contributed by atoms with van der Waals surface area (Å²) in [6, 6.07) is 13.5. The highest BCUT2D eigenvalue weighted by molar-refractivity contribution is 5.48. The molecule has 2 rings (SSSR count). The molecule has 0 radical (unpaired) electrons. The number of hydrogen-bond donors (Lipinski definition) is 1. The van der Waals surface area contributed by atoms with Gasteiger partial charge in [-0.1, -0.05) is 36.4 Å². The Morgan fingerprint density at radius 1 is 1.19 bits per heavy atom. The zero-order chi connectivity index (χ0) is 15.4. The van der Waals surface area contributed by atoms with E-state index in [2.05, 4.69) is 12.1 Å². The fraction of sp³-hybridized carbons (Fsp3) is 0.294. The topological polar surface area (TPSA) is 69.2 Å². The number of nitrogens with zero attached hydrogens (tertiary/aromatic N) is 1. The Hall–Kier alpha value is -2.20. The molecule has 0 heterocycles. The first-order chi connectivity index (χ1) is 9.99. The number of nitrogens with two attached hydrogens (primary N) is 1. The van der Waals surface area contributed by atoms with Gasteiger partial charge in [-0.15, -0.1) is 0 Å². The quantitative estimate of drug-likeness (QED) is 0.669. The highest BCUT2D eigenvalue weighted by Gasteiger charge is 2.17. The van der Waals surface area contributed by atoms with E-state index in [9.17, 15) is 10.1 Å². The van der Waals surface area contributed by atoms with Crippen molar-refractivity contribution in [3.8, 4) is 0 Å². The largest absolute Gasteiger partial charge is 0.324 e. The van der Waals surface area contributed by atoms with Gasteiger partial charge in [0.25, 0.3) is 5.69 Å². The summed E-state index contributed by atoms with van der Waals surface area (Å²) in [6.45, 7) is 3.66. The molecule has 0 saturated carbocycles. The van der Waals surface area contributed by atoms with E-state index in [1.807, 2.05) is 31.2 Å². The van der Waals surface area contributed by atoms with E-state index in [1.165, 1.54) is 5.56 Å². The number of nitro groups is 1. The van der Waals surface area contributed by atoms with Crippen molar-refractivity contribution in [2.45, 2.75) is 32.7 Å². The Morgan fingerprint density at radius 3 is 2.48 bits per heavy atom. The molecule has 0 aromatic heterocycles. The van der Waals surface area contributed by atoms with Crippen molar-refractivity contribution in [2.75, 3.05) is 0 Å². The molecule has 0 aliphatic heterocycles. The summed E-state index contributed by atoms with van der Waals surface area (Å²) >= 11 is 0. The van der Waals surface area contributed by atoms with Crippen LogP contribution in [-0.4, -0.2) is 4.92 Å². The Labute approximate surface area is 124 Å². The lowest BCUT2D eigenvalue weighted by Gasteiger charge is -2.14. The average molecular weight is 284 g/mol. The minimum Gasteiger partial charge on any atom is -0.324 e. The van der Waals surface area contributed by atoms with E-state index in [0.717, 1.165) is 24.0 Å². The van der Waals surface area contributed by atoms with Gasteiger partial charge in [-0.25, -0.2) is 0 Å². The standard InChI is InChI=1S/C17H20N2O2/c1-12-10-15(11-17(13(12)2)19(20)21)16(18)9-8-14-6-4-3-5-7-14/h3-7,10-11,16H,8-9,18H2,1-2H3. The lowest BCUT2D eigenvalue weighted by Crippen LogP contribution is -2.12. The lowest BCUT2D eigenvalue weighted by atomic mass is 9.95. The molecule has 1 atom stereocenters. The molecular weight excluding hydrogens is 264 g/mol. The number of hydrogen-bond acceptors (Lipinski definition) is 3. The Bertz CT molecular complexity index is 639. The zero-order valence-corrected chi connectivity index (χ0v) is 12.4. The highest BCUT2D eigenvalue weighted by Crippen LogP contribution is 2.27. The monoisotopic (exact) mass is 284 g/mol. The highest BCUT2D eigenvalue weighted by atomic mass is 16.6. The smallest absolute Gasteiger partial charge is 0.272 e. The maximum atomic E-state index is 11.1. The first kappa shape index (κ1) is 15.2. The second kappa shape index (κ2) is 6.50. The van der Waals surface area contributed by atoms with Crippen LogP contribution in [0.4, 0.5) is 5.69 Å². The van der Waals surface area contributed by atoms with Crippen LogP contribution < -0.4 is 5.73 Å². The second-order valence-electron chi connectivity index (χ2n) is 5.37. The Kier molecular flexibility index (Phi) is 4.70. The van der Waals surface area contributed by atoms with Crippen molar-refractivity contribution in [1.82, 2.24) is 0 Å². The molecule has 0 saturated heterocycles. The minimum atomic E-state index is -0.338. The summed E-state index contributed by atoms with van der Waals surface area (Å²) in [6.07, 6.45) is 1.63. The summed E-state index contributed by atoms with van der Waals surface area (Å²) in [5, 5.41) is 11.1. The van der Waals surface area contributed by atoms with Gasteiger partial charge in [0.05, 0.1) is 4.92 Å². The van der Waals surface area contributed by atoms with Crippen molar-refractivity contribution in [3.05, 3.63) is 74.8 Å². The number of benzene rings is 2. The predicted molar refractivity (Wildman–Crippen MR) is 84.3 cm³/mol. The molecular formula is C17H20N2O2. The molecule has 110 valence electrons. The first-order valence-corrected chi connectivity index (χ1v) is 7.04. The van der Waals surface area contributed by atoms with Crippen molar-refractivity contribution < 1.29 is 4.92 Å². The molecule has 4 heteroatoms. The molecule has 2 aromatic rings. The second-order valence-corrected chi connectivity index (χ2v) is 5.37. The Balaban J connectivity index is 2.16.